The molecule has 1 amide bonds. The molecule has 2 heterocycles. The molecule has 6 nitrogen and oxygen atoms in total. The molecule has 3 aromatic rings. The Balaban J connectivity index is 1.54. The van der Waals surface area contributed by atoms with Gasteiger partial charge in [0.15, 0.2) is 0 Å². The second-order valence-electron chi connectivity index (χ2n) is 9.52. The Hall–Kier alpha value is -3.19. The fourth-order valence-electron chi connectivity index (χ4n) is 4.87. The number of halogens is 1. The van der Waals surface area contributed by atoms with Crippen molar-refractivity contribution in [2.45, 2.75) is 39.7 Å². The summed E-state index contributed by atoms with van der Waals surface area (Å²) in [7, 11) is 0. The van der Waals surface area contributed by atoms with Crippen molar-refractivity contribution in [3.05, 3.63) is 69.3 Å². The molecule has 0 spiro atoms. The van der Waals surface area contributed by atoms with Crippen LogP contribution in [0.15, 0.2) is 41.3 Å². The quantitative estimate of drug-likeness (QED) is 0.607. The van der Waals surface area contributed by atoms with E-state index in [4.69, 9.17) is 0 Å². The van der Waals surface area contributed by atoms with Crippen LogP contribution in [0.3, 0.4) is 0 Å². The Bertz CT molecular complexity index is 1320. The molecule has 0 bridgehead atoms. The molecule has 1 aliphatic carbocycles. The fourth-order valence-corrected chi connectivity index (χ4v) is 4.87. The van der Waals surface area contributed by atoms with Crippen molar-refractivity contribution in [2.75, 3.05) is 42.9 Å². The van der Waals surface area contributed by atoms with Crippen molar-refractivity contribution in [1.29, 1.82) is 0 Å². The Morgan fingerprint density at radius 3 is 2.47 bits per heavy atom. The summed E-state index contributed by atoms with van der Waals surface area (Å²) in [6, 6.07) is 9.10. The number of aromatic nitrogens is 1. The zero-order valence-electron chi connectivity index (χ0n) is 20.0. The molecule has 2 fully saturated rings. The SMILES string of the molecule is CCN1CCN(c2cc3c(cc2F)c(=O)c(C(=O)Nc2ccc(C)cc2C)cn3C2CC2)CC1. The second-order valence-corrected chi connectivity index (χ2v) is 9.52. The van der Waals surface area contributed by atoms with E-state index in [0.717, 1.165) is 56.7 Å². The predicted octanol–water partition coefficient (Wildman–Crippen LogP) is 4.49. The second kappa shape index (κ2) is 8.87. The van der Waals surface area contributed by atoms with Gasteiger partial charge in [-0.1, -0.05) is 24.6 Å². The first kappa shape index (κ1) is 22.6. The maximum atomic E-state index is 15.3. The maximum Gasteiger partial charge on any atom is 0.261 e. The van der Waals surface area contributed by atoms with E-state index in [1.165, 1.54) is 6.07 Å². The lowest BCUT2D eigenvalue weighted by molar-refractivity contribution is 0.102. The molecule has 0 unspecified atom stereocenters. The van der Waals surface area contributed by atoms with E-state index < -0.39 is 17.2 Å². The molecular formula is C27H31FN4O2. The van der Waals surface area contributed by atoms with Gasteiger partial charge in [0.1, 0.15) is 11.4 Å². The predicted molar refractivity (Wildman–Crippen MR) is 135 cm³/mol. The summed E-state index contributed by atoms with van der Waals surface area (Å²) in [6.45, 7) is 10.3. The van der Waals surface area contributed by atoms with Gasteiger partial charge in [0.2, 0.25) is 5.43 Å². The molecular weight excluding hydrogens is 431 g/mol. The fraction of sp³-hybridized carbons (Fsp3) is 0.407. The van der Waals surface area contributed by atoms with Gasteiger partial charge in [-0.05, 0) is 57.0 Å². The molecule has 34 heavy (non-hydrogen) atoms. The van der Waals surface area contributed by atoms with Crippen LogP contribution in [0.4, 0.5) is 15.8 Å². The largest absolute Gasteiger partial charge is 0.367 e. The van der Waals surface area contributed by atoms with Crippen molar-refractivity contribution < 1.29 is 9.18 Å². The number of piperazine rings is 1. The van der Waals surface area contributed by atoms with Crippen LogP contribution in [0.2, 0.25) is 0 Å². The van der Waals surface area contributed by atoms with Crippen LogP contribution in [0, 0.1) is 19.7 Å². The van der Waals surface area contributed by atoms with Crippen LogP contribution in [0.1, 0.15) is 47.3 Å². The van der Waals surface area contributed by atoms with Crippen LogP contribution in [-0.4, -0.2) is 48.1 Å². The highest BCUT2D eigenvalue weighted by Gasteiger charge is 2.28. The van der Waals surface area contributed by atoms with Crippen molar-refractivity contribution in [2.24, 2.45) is 0 Å². The number of fused-ring (bicyclic) bond motifs is 1. The number of benzene rings is 2. The highest BCUT2D eigenvalue weighted by molar-refractivity contribution is 6.06. The first-order chi connectivity index (χ1) is 16.4. The minimum atomic E-state index is -0.464. The number of nitrogens with zero attached hydrogens (tertiary/aromatic N) is 3. The molecule has 2 aliphatic rings. The molecule has 0 atom stereocenters. The van der Waals surface area contributed by atoms with E-state index >= 15 is 4.39 Å². The number of carbonyl (C=O) groups is 1. The summed E-state index contributed by atoms with van der Waals surface area (Å²) >= 11 is 0. The number of pyridine rings is 1. The summed E-state index contributed by atoms with van der Waals surface area (Å²) < 4.78 is 17.3. The van der Waals surface area contributed by atoms with Crippen LogP contribution >= 0.6 is 0 Å². The number of aryl methyl sites for hydroxylation is 2. The third kappa shape index (κ3) is 4.20. The molecule has 1 aliphatic heterocycles. The van der Waals surface area contributed by atoms with Gasteiger partial charge in [0.05, 0.1) is 11.2 Å². The number of rotatable bonds is 5. The molecule has 1 saturated carbocycles. The standard InChI is InChI=1S/C27H31FN4O2/c1-4-30-9-11-31(12-10-30)25-15-24-20(14-22(25)28)26(33)21(16-32(24)19-6-7-19)27(34)29-23-8-5-17(2)13-18(23)3/h5,8,13-16,19H,4,6-7,9-12H2,1-3H3,(H,29,34). The molecule has 7 heteroatoms. The number of likely N-dealkylation sites (N-methyl/N-ethyl adjacent to an activating group) is 1. The highest BCUT2D eigenvalue weighted by atomic mass is 19.1. The summed E-state index contributed by atoms with van der Waals surface area (Å²) in [4.78, 5) is 30.9. The van der Waals surface area contributed by atoms with Crippen LogP contribution < -0.4 is 15.6 Å². The van der Waals surface area contributed by atoms with Gasteiger partial charge in [-0.15, -0.1) is 0 Å². The minimum Gasteiger partial charge on any atom is -0.367 e. The van der Waals surface area contributed by atoms with E-state index in [-0.39, 0.29) is 17.0 Å². The number of anilines is 2. The molecule has 1 saturated heterocycles. The van der Waals surface area contributed by atoms with Crippen LogP contribution in [0.25, 0.3) is 10.9 Å². The van der Waals surface area contributed by atoms with E-state index in [1.54, 1.807) is 12.3 Å². The van der Waals surface area contributed by atoms with Gasteiger partial charge in [-0.3, -0.25) is 9.59 Å². The molecule has 1 N–H and O–H groups in total. The van der Waals surface area contributed by atoms with Crippen molar-refractivity contribution in [3.63, 3.8) is 0 Å². The number of carbonyl (C=O) groups excluding carboxylic acids is 1. The van der Waals surface area contributed by atoms with Gasteiger partial charge >= 0.3 is 0 Å². The molecule has 1 aromatic heterocycles. The van der Waals surface area contributed by atoms with E-state index in [9.17, 15) is 9.59 Å². The summed E-state index contributed by atoms with van der Waals surface area (Å²) in [5.41, 5.74) is 3.53. The Morgan fingerprint density at radius 1 is 1.09 bits per heavy atom. The molecule has 178 valence electrons. The van der Waals surface area contributed by atoms with Gasteiger partial charge in [-0.2, -0.15) is 0 Å². The maximum absolute atomic E-state index is 15.3. The summed E-state index contributed by atoms with van der Waals surface area (Å²) in [6.07, 6.45) is 3.63. The van der Waals surface area contributed by atoms with Crippen molar-refractivity contribution >= 4 is 28.2 Å². The van der Waals surface area contributed by atoms with Gasteiger partial charge < -0.3 is 19.7 Å². The van der Waals surface area contributed by atoms with E-state index in [2.05, 4.69) is 22.0 Å². The Morgan fingerprint density at radius 2 is 1.82 bits per heavy atom. The smallest absolute Gasteiger partial charge is 0.261 e. The lowest BCUT2D eigenvalue weighted by Crippen LogP contribution is -2.46. The third-order valence-corrected chi connectivity index (χ3v) is 7.08. The van der Waals surface area contributed by atoms with Gasteiger partial charge in [0.25, 0.3) is 5.91 Å². The first-order valence-electron chi connectivity index (χ1n) is 12.1. The zero-order chi connectivity index (χ0) is 24.0. The van der Waals surface area contributed by atoms with Crippen LogP contribution in [0.5, 0.6) is 0 Å². The Kier molecular flexibility index (Phi) is 5.90. The zero-order valence-corrected chi connectivity index (χ0v) is 20.0. The van der Waals surface area contributed by atoms with Crippen molar-refractivity contribution in [1.82, 2.24) is 9.47 Å². The minimum absolute atomic E-state index is 0.0445. The number of amides is 1. The highest BCUT2D eigenvalue weighted by Crippen LogP contribution is 2.38. The van der Waals surface area contributed by atoms with Crippen molar-refractivity contribution in [3.8, 4) is 0 Å². The molecule has 5 rings (SSSR count). The average molecular weight is 463 g/mol. The number of hydrogen-bond acceptors (Lipinski definition) is 4. The van der Waals surface area contributed by atoms with Gasteiger partial charge in [-0.25, -0.2) is 4.39 Å². The number of nitrogens with one attached hydrogen (secondary N) is 1. The molecule has 0 radical (unpaired) electrons. The summed E-state index contributed by atoms with van der Waals surface area (Å²) in [5.74, 6) is -0.878. The first-order valence-corrected chi connectivity index (χ1v) is 12.1. The number of hydrogen-bond donors (Lipinski definition) is 1. The molecule has 2 aromatic carbocycles. The van der Waals surface area contributed by atoms with E-state index in [1.807, 2.05) is 36.6 Å². The van der Waals surface area contributed by atoms with E-state index in [0.29, 0.717) is 16.9 Å². The monoisotopic (exact) mass is 462 g/mol. The lowest BCUT2D eigenvalue weighted by Gasteiger charge is -2.35. The summed E-state index contributed by atoms with van der Waals surface area (Å²) in [5, 5.41) is 3.13. The van der Waals surface area contributed by atoms with Crippen LogP contribution in [-0.2, 0) is 0 Å². The van der Waals surface area contributed by atoms with Gasteiger partial charge in [0, 0.05) is 49.5 Å². The average Bonchev–Trinajstić information content (AvgIpc) is 3.66. The Labute approximate surface area is 199 Å². The normalized spacial score (nSPS) is 16.8. The lowest BCUT2D eigenvalue weighted by atomic mass is 10.1. The third-order valence-electron chi connectivity index (χ3n) is 7.08. The topological polar surface area (TPSA) is 57.6 Å².